The number of hydrogen-bond acceptors (Lipinski definition) is 6. The summed E-state index contributed by atoms with van der Waals surface area (Å²) < 4.78 is 6.98. The van der Waals surface area contributed by atoms with Crippen LogP contribution in [-0.4, -0.2) is 45.9 Å². The third-order valence-corrected chi connectivity index (χ3v) is 4.71. The molecule has 0 spiro atoms. The predicted molar refractivity (Wildman–Crippen MR) is 116 cm³/mol. The van der Waals surface area contributed by atoms with Crippen LogP contribution in [0.25, 0.3) is 16.7 Å². The van der Waals surface area contributed by atoms with Gasteiger partial charge in [0.15, 0.2) is 5.65 Å². The van der Waals surface area contributed by atoms with E-state index in [0.717, 1.165) is 11.1 Å². The minimum absolute atomic E-state index is 0.146. The van der Waals surface area contributed by atoms with Crippen LogP contribution in [0.2, 0.25) is 0 Å². The molecule has 2 aromatic carbocycles. The Bertz CT molecular complexity index is 1160. The average molecular weight is 402 g/mol. The molecule has 8 heteroatoms. The molecule has 4 rings (SSSR count). The van der Waals surface area contributed by atoms with Gasteiger partial charge in [0, 0.05) is 18.3 Å². The summed E-state index contributed by atoms with van der Waals surface area (Å²) in [6.45, 7) is 2.74. The summed E-state index contributed by atoms with van der Waals surface area (Å²) in [5.41, 5.74) is 2.29. The largest absolute Gasteiger partial charge is 0.497 e. The highest BCUT2D eigenvalue weighted by molar-refractivity contribution is 5.96. The molecule has 0 bridgehead atoms. The quantitative estimate of drug-likeness (QED) is 0.511. The molecule has 4 aromatic rings. The van der Waals surface area contributed by atoms with Crippen molar-refractivity contribution in [2.45, 2.75) is 6.92 Å². The second kappa shape index (κ2) is 8.60. The molecule has 0 radical (unpaired) electrons. The summed E-state index contributed by atoms with van der Waals surface area (Å²) in [4.78, 5) is 23.4. The van der Waals surface area contributed by atoms with Gasteiger partial charge in [0.1, 0.15) is 17.9 Å². The van der Waals surface area contributed by atoms with E-state index in [1.807, 2.05) is 60.4 Å². The van der Waals surface area contributed by atoms with Gasteiger partial charge in [-0.25, -0.2) is 14.6 Å². The van der Waals surface area contributed by atoms with Crippen LogP contribution in [-0.2, 0) is 4.79 Å². The smallest absolute Gasteiger partial charge is 0.243 e. The van der Waals surface area contributed by atoms with E-state index >= 15 is 0 Å². The number of rotatable bonds is 7. The fraction of sp³-hybridized carbons (Fsp3) is 0.182. The van der Waals surface area contributed by atoms with Crippen LogP contribution < -0.4 is 15.0 Å². The molecule has 2 heterocycles. The van der Waals surface area contributed by atoms with E-state index in [9.17, 15) is 4.79 Å². The Labute approximate surface area is 174 Å². The second-order valence-electron chi connectivity index (χ2n) is 6.62. The first kappa shape index (κ1) is 19.4. The number of anilines is 2. The minimum Gasteiger partial charge on any atom is -0.497 e. The number of fused-ring (bicyclic) bond motifs is 1. The Morgan fingerprint density at radius 3 is 2.73 bits per heavy atom. The van der Waals surface area contributed by atoms with Gasteiger partial charge in [-0.1, -0.05) is 24.3 Å². The number of nitrogens with one attached hydrogen (secondary N) is 1. The van der Waals surface area contributed by atoms with Gasteiger partial charge < -0.3 is 15.0 Å². The number of aromatic nitrogens is 4. The summed E-state index contributed by atoms with van der Waals surface area (Å²) in [5, 5.41) is 8.18. The summed E-state index contributed by atoms with van der Waals surface area (Å²) >= 11 is 0. The Kier molecular flexibility index (Phi) is 5.56. The number of amides is 1. The lowest BCUT2D eigenvalue weighted by molar-refractivity contribution is -0.115. The Balaban J connectivity index is 1.58. The third kappa shape index (κ3) is 3.93. The molecule has 0 aliphatic carbocycles. The lowest BCUT2D eigenvalue weighted by Gasteiger charge is -2.21. The van der Waals surface area contributed by atoms with Crippen molar-refractivity contribution < 1.29 is 9.53 Å². The highest BCUT2D eigenvalue weighted by Crippen LogP contribution is 2.24. The van der Waals surface area contributed by atoms with Crippen LogP contribution in [0.5, 0.6) is 5.75 Å². The van der Waals surface area contributed by atoms with Gasteiger partial charge in [0.05, 0.1) is 30.9 Å². The second-order valence-corrected chi connectivity index (χ2v) is 6.62. The molecule has 0 saturated heterocycles. The van der Waals surface area contributed by atoms with E-state index in [0.29, 0.717) is 29.4 Å². The van der Waals surface area contributed by atoms with Crippen LogP contribution >= 0.6 is 0 Å². The van der Waals surface area contributed by atoms with Crippen molar-refractivity contribution >= 4 is 28.4 Å². The van der Waals surface area contributed by atoms with Crippen LogP contribution in [0.1, 0.15) is 6.92 Å². The predicted octanol–water partition coefficient (Wildman–Crippen LogP) is 3.29. The van der Waals surface area contributed by atoms with Gasteiger partial charge in [0.2, 0.25) is 5.91 Å². The molecule has 8 nitrogen and oxygen atoms in total. The maximum atomic E-state index is 12.7. The van der Waals surface area contributed by atoms with Crippen LogP contribution in [0.15, 0.2) is 67.1 Å². The summed E-state index contributed by atoms with van der Waals surface area (Å²) in [6, 6.07) is 17.0. The molecule has 1 amide bonds. The average Bonchev–Trinajstić information content (AvgIpc) is 3.22. The summed E-state index contributed by atoms with van der Waals surface area (Å²) in [5.74, 6) is 1.21. The Hall–Kier alpha value is -3.94. The van der Waals surface area contributed by atoms with E-state index in [4.69, 9.17) is 4.74 Å². The van der Waals surface area contributed by atoms with Crippen LogP contribution in [0.3, 0.4) is 0 Å². The topological polar surface area (TPSA) is 85.2 Å². The van der Waals surface area contributed by atoms with Crippen molar-refractivity contribution in [1.29, 1.82) is 0 Å². The molecule has 2 aromatic heterocycles. The van der Waals surface area contributed by atoms with Crippen molar-refractivity contribution in [3.63, 3.8) is 0 Å². The highest BCUT2D eigenvalue weighted by Gasteiger charge is 2.18. The van der Waals surface area contributed by atoms with Gasteiger partial charge in [-0.2, -0.15) is 5.10 Å². The number of benzene rings is 2. The first-order valence-corrected chi connectivity index (χ1v) is 9.62. The third-order valence-electron chi connectivity index (χ3n) is 4.71. The number of ether oxygens (including phenoxy) is 1. The minimum atomic E-state index is -0.146. The first-order chi connectivity index (χ1) is 14.7. The van der Waals surface area contributed by atoms with E-state index < -0.39 is 0 Å². The molecule has 0 aliphatic rings. The lowest BCUT2D eigenvalue weighted by Crippen LogP contribution is -2.33. The molecule has 0 fully saturated rings. The fourth-order valence-electron chi connectivity index (χ4n) is 3.25. The Morgan fingerprint density at radius 2 is 1.97 bits per heavy atom. The summed E-state index contributed by atoms with van der Waals surface area (Å²) in [6.07, 6.45) is 3.24. The normalized spacial score (nSPS) is 10.7. The number of carbonyl (C=O) groups is 1. The van der Waals surface area contributed by atoms with Gasteiger partial charge in [-0.05, 0) is 31.2 Å². The van der Waals surface area contributed by atoms with E-state index in [-0.39, 0.29) is 12.5 Å². The standard InChI is InChI=1S/C22H22N6O2/c1-3-27(14-20(29)26-16-8-7-11-18(12-16)30-2)21-19-13-25-28(22(19)24-15-23-21)17-9-5-4-6-10-17/h4-13,15H,3,14H2,1-2H3,(H,26,29). The van der Waals surface area contributed by atoms with E-state index in [2.05, 4.69) is 20.4 Å². The SMILES string of the molecule is CCN(CC(=O)Nc1cccc(OC)c1)c1ncnc2c1cnn2-c1ccccc1. The molecule has 0 atom stereocenters. The Morgan fingerprint density at radius 1 is 1.13 bits per heavy atom. The maximum Gasteiger partial charge on any atom is 0.243 e. The molecular weight excluding hydrogens is 380 g/mol. The molecular formula is C22H22N6O2. The van der Waals surface area contributed by atoms with Crippen molar-refractivity contribution in [3.8, 4) is 11.4 Å². The fourth-order valence-corrected chi connectivity index (χ4v) is 3.25. The number of methoxy groups -OCH3 is 1. The molecule has 152 valence electrons. The number of likely N-dealkylation sites (N-methyl/N-ethyl adjacent to an activating group) is 1. The van der Waals surface area contributed by atoms with Gasteiger partial charge in [-0.15, -0.1) is 0 Å². The number of nitrogens with zero attached hydrogens (tertiary/aromatic N) is 5. The highest BCUT2D eigenvalue weighted by atomic mass is 16.5. The van der Waals surface area contributed by atoms with Crippen molar-refractivity contribution in [1.82, 2.24) is 19.7 Å². The molecule has 0 aliphatic heterocycles. The van der Waals surface area contributed by atoms with Crippen LogP contribution in [0.4, 0.5) is 11.5 Å². The van der Waals surface area contributed by atoms with Crippen molar-refractivity contribution in [2.24, 2.45) is 0 Å². The monoisotopic (exact) mass is 402 g/mol. The van der Waals surface area contributed by atoms with Crippen molar-refractivity contribution in [2.75, 3.05) is 30.4 Å². The zero-order chi connectivity index (χ0) is 20.9. The van der Waals surface area contributed by atoms with E-state index in [1.54, 1.807) is 24.1 Å². The zero-order valence-electron chi connectivity index (χ0n) is 16.8. The molecule has 0 saturated carbocycles. The van der Waals surface area contributed by atoms with Crippen LogP contribution in [0, 0.1) is 0 Å². The number of carbonyl (C=O) groups excluding carboxylic acids is 1. The number of para-hydroxylation sites is 1. The lowest BCUT2D eigenvalue weighted by atomic mass is 10.3. The zero-order valence-corrected chi connectivity index (χ0v) is 16.8. The van der Waals surface area contributed by atoms with Gasteiger partial charge >= 0.3 is 0 Å². The first-order valence-electron chi connectivity index (χ1n) is 9.62. The van der Waals surface area contributed by atoms with Gasteiger partial charge in [0.25, 0.3) is 0 Å². The summed E-state index contributed by atoms with van der Waals surface area (Å²) in [7, 11) is 1.59. The molecule has 0 unspecified atom stereocenters. The van der Waals surface area contributed by atoms with E-state index in [1.165, 1.54) is 6.33 Å². The van der Waals surface area contributed by atoms with Crippen molar-refractivity contribution in [3.05, 3.63) is 67.1 Å². The van der Waals surface area contributed by atoms with Gasteiger partial charge in [-0.3, -0.25) is 4.79 Å². The molecule has 30 heavy (non-hydrogen) atoms. The number of hydrogen-bond donors (Lipinski definition) is 1. The maximum absolute atomic E-state index is 12.7. The molecule has 1 N–H and O–H groups in total.